The smallest absolute Gasteiger partial charge is 0.356 e. The maximum absolute atomic E-state index is 11.2. The minimum atomic E-state index is -0.434. The number of fused-ring (bicyclic) bond motifs is 5. The molecule has 33 heavy (non-hydrogen) atoms. The van der Waals surface area contributed by atoms with Crippen LogP contribution in [-0.4, -0.2) is 23.0 Å². The Hall–Kier alpha value is -3.50. The molecular formula is C28H25ClN2O2. The molecule has 0 N–H and O–H groups in total. The number of carbonyl (C=O) groups excluding carboxylic acids is 1. The van der Waals surface area contributed by atoms with Crippen molar-refractivity contribution in [3.8, 4) is 0 Å². The SMILES string of the molecule is C1=CC2=C(CC1)CCc1c2ccc2ccccc12.COC(=O)c1cc2cccnc2cn1.Cl. The molecule has 0 fully saturated rings. The molecule has 2 aliphatic rings. The zero-order chi connectivity index (χ0) is 21.9. The van der Waals surface area contributed by atoms with Crippen LogP contribution >= 0.6 is 12.4 Å². The first-order valence-electron chi connectivity index (χ1n) is 10.9. The van der Waals surface area contributed by atoms with Crippen molar-refractivity contribution in [1.29, 1.82) is 0 Å². The van der Waals surface area contributed by atoms with Gasteiger partial charge in [-0.25, -0.2) is 9.78 Å². The van der Waals surface area contributed by atoms with Gasteiger partial charge in [0.25, 0.3) is 0 Å². The van der Waals surface area contributed by atoms with Crippen LogP contribution in [0.3, 0.4) is 0 Å². The highest BCUT2D eigenvalue weighted by atomic mass is 35.5. The molecule has 0 unspecified atom stereocenters. The number of methoxy groups -OCH3 is 1. The molecule has 2 aromatic carbocycles. The zero-order valence-corrected chi connectivity index (χ0v) is 19.3. The van der Waals surface area contributed by atoms with E-state index in [0.29, 0.717) is 5.69 Å². The molecule has 0 radical (unpaired) electrons. The molecule has 0 atom stereocenters. The average Bonchev–Trinajstić information content (AvgIpc) is 2.88. The number of hydrogen-bond acceptors (Lipinski definition) is 4. The van der Waals surface area contributed by atoms with Crippen LogP contribution < -0.4 is 0 Å². The Morgan fingerprint density at radius 2 is 1.79 bits per heavy atom. The van der Waals surface area contributed by atoms with Crippen LogP contribution in [0, 0.1) is 0 Å². The normalized spacial score (nSPS) is 14.0. The summed E-state index contributed by atoms with van der Waals surface area (Å²) in [6.45, 7) is 0. The second kappa shape index (κ2) is 9.97. The molecule has 0 saturated carbocycles. The molecule has 0 spiro atoms. The monoisotopic (exact) mass is 456 g/mol. The van der Waals surface area contributed by atoms with Gasteiger partial charge in [0.05, 0.1) is 18.8 Å². The number of pyridine rings is 2. The van der Waals surface area contributed by atoms with Gasteiger partial charge in [0, 0.05) is 11.6 Å². The van der Waals surface area contributed by atoms with Crippen molar-refractivity contribution < 1.29 is 9.53 Å². The summed E-state index contributed by atoms with van der Waals surface area (Å²) < 4.78 is 4.56. The van der Waals surface area contributed by atoms with Gasteiger partial charge in [0.2, 0.25) is 0 Å². The minimum Gasteiger partial charge on any atom is -0.464 e. The van der Waals surface area contributed by atoms with E-state index in [9.17, 15) is 4.79 Å². The first-order valence-corrected chi connectivity index (χ1v) is 10.9. The van der Waals surface area contributed by atoms with E-state index in [-0.39, 0.29) is 12.4 Å². The maximum atomic E-state index is 11.2. The highest BCUT2D eigenvalue weighted by molar-refractivity contribution is 5.94. The van der Waals surface area contributed by atoms with Crippen molar-refractivity contribution in [2.75, 3.05) is 7.11 Å². The molecule has 0 amide bonds. The Bertz CT molecular complexity index is 1390. The van der Waals surface area contributed by atoms with Gasteiger partial charge in [-0.15, -0.1) is 12.4 Å². The average molecular weight is 457 g/mol. The maximum Gasteiger partial charge on any atom is 0.356 e. The van der Waals surface area contributed by atoms with Crippen molar-refractivity contribution in [1.82, 2.24) is 9.97 Å². The molecular weight excluding hydrogens is 432 g/mol. The van der Waals surface area contributed by atoms with E-state index < -0.39 is 5.97 Å². The molecule has 4 nitrogen and oxygen atoms in total. The van der Waals surface area contributed by atoms with Crippen LogP contribution in [0.1, 0.15) is 40.9 Å². The van der Waals surface area contributed by atoms with Gasteiger partial charge in [-0.1, -0.05) is 60.2 Å². The van der Waals surface area contributed by atoms with Crippen LogP contribution in [0.25, 0.3) is 27.2 Å². The number of nitrogens with zero attached hydrogens (tertiary/aromatic N) is 2. The Kier molecular flexibility index (Phi) is 6.85. The van der Waals surface area contributed by atoms with Crippen molar-refractivity contribution in [3.63, 3.8) is 0 Å². The van der Waals surface area contributed by atoms with Crippen LogP contribution in [0.2, 0.25) is 0 Å². The number of rotatable bonds is 1. The minimum absolute atomic E-state index is 0. The van der Waals surface area contributed by atoms with Gasteiger partial charge in [-0.3, -0.25) is 4.98 Å². The number of aromatic nitrogens is 2. The second-order valence-corrected chi connectivity index (χ2v) is 8.03. The summed E-state index contributed by atoms with van der Waals surface area (Å²) in [5, 5.41) is 3.70. The third kappa shape index (κ3) is 4.53. The number of aryl methyl sites for hydroxylation is 1. The summed E-state index contributed by atoms with van der Waals surface area (Å²) in [5.74, 6) is -0.434. The number of esters is 1. The third-order valence-corrected chi connectivity index (χ3v) is 6.17. The second-order valence-electron chi connectivity index (χ2n) is 8.03. The molecule has 166 valence electrons. The summed E-state index contributed by atoms with van der Waals surface area (Å²) in [5.41, 5.74) is 7.27. The van der Waals surface area contributed by atoms with Gasteiger partial charge in [0.1, 0.15) is 5.69 Å². The van der Waals surface area contributed by atoms with Gasteiger partial charge >= 0.3 is 5.97 Å². The van der Waals surface area contributed by atoms with Crippen LogP contribution in [0.5, 0.6) is 0 Å². The predicted molar refractivity (Wildman–Crippen MR) is 136 cm³/mol. The fourth-order valence-electron chi connectivity index (χ4n) is 4.58. The molecule has 0 saturated heterocycles. The number of ether oxygens (including phenoxy) is 1. The Labute approximate surface area is 199 Å². The third-order valence-electron chi connectivity index (χ3n) is 6.17. The summed E-state index contributed by atoms with van der Waals surface area (Å²) in [7, 11) is 1.33. The van der Waals surface area contributed by atoms with E-state index in [0.717, 1.165) is 10.9 Å². The molecule has 4 aromatic rings. The van der Waals surface area contributed by atoms with E-state index >= 15 is 0 Å². The van der Waals surface area contributed by atoms with Crippen molar-refractivity contribution in [2.24, 2.45) is 0 Å². The first-order chi connectivity index (χ1) is 15.7. The lowest BCUT2D eigenvalue weighted by atomic mass is 9.80. The fourth-order valence-corrected chi connectivity index (χ4v) is 4.58. The number of halogens is 1. The van der Waals surface area contributed by atoms with E-state index in [2.05, 4.69) is 63.3 Å². The van der Waals surface area contributed by atoms with Crippen LogP contribution in [-0.2, 0) is 11.2 Å². The summed E-state index contributed by atoms with van der Waals surface area (Å²) in [6, 6.07) is 18.7. The Morgan fingerprint density at radius 1 is 0.939 bits per heavy atom. The molecule has 2 aromatic heterocycles. The van der Waals surface area contributed by atoms with Crippen LogP contribution in [0.4, 0.5) is 0 Å². The molecule has 0 aliphatic heterocycles. The van der Waals surface area contributed by atoms with Gasteiger partial charge in [0.15, 0.2) is 0 Å². The van der Waals surface area contributed by atoms with Crippen molar-refractivity contribution in [2.45, 2.75) is 25.7 Å². The number of carbonyl (C=O) groups is 1. The lowest BCUT2D eigenvalue weighted by Gasteiger charge is -2.25. The Morgan fingerprint density at radius 3 is 2.67 bits per heavy atom. The van der Waals surface area contributed by atoms with E-state index in [1.165, 1.54) is 54.7 Å². The predicted octanol–water partition coefficient (Wildman–Crippen LogP) is 6.73. The summed E-state index contributed by atoms with van der Waals surface area (Å²) in [6.07, 6.45) is 12.8. The van der Waals surface area contributed by atoms with E-state index in [4.69, 9.17) is 0 Å². The van der Waals surface area contributed by atoms with E-state index in [1.54, 1.807) is 29.6 Å². The number of allylic oxidation sites excluding steroid dienone is 4. The van der Waals surface area contributed by atoms with Crippen molar-refractivity contribution >= 4 is 45.6 Å². The van der Waals surface area contributed by atoms with Crippen LogP contribution in [0.15, 0.2) is 84.7 Å². The number of hydrogen-bond donors (Lipinski definition) is 0. The highest BCUT2D eigenvalue weighted by Crippen LogP contribution is 2.39. The summed E-state index contributed by atoms with van der Waals surface area (Å²) >= 11 is 0. The molecule has 2 heterocycles. The van der Waals surface area contributed by atoms with Gasteiger partial charge < -0.3 is 4.74 Å². The molecule has 5 heteroatoms. The molecule has 6 rings (SSSR count). The topological polar surface area (TPSA) is 52.1 Å². The van der Waals surface area contributed by atoms with E-state index in [1.807, 2.05) is 12.1 Å². The fraction of sp³-hybridized carbons (Fsp3) is 0.179. The largest absolute Gasteiger partial charge is 0.464 e. The number of benzene rings is 2. The van der Waals surface area contributed by atoms with Gasteiger partial charge in [-0.05, 0) is 65.3 Å². The quantitative estimate of drug-likeness (QED) is 0.298. The Balaban J connectivity index is 0.000000158. The van der Waals surface area contributed by atoms with Crippen molar-refractivity contribution in [3.05, 3.63) is 102 Å². The lowest BCUT2D eigenvalue weighted by Crippen LogP contribution is -2.06. The molecule has 2 aliphatic carbocycles. The highest BCUT2D eigenvalue weighted by Gasteiger charge is 2.20. The lowest BCUT2D eigenvalue weighted by molar-refractivity contribution is 0.0594. The first kappa shape index (κ1) is 22.7. The molecule has 0 bridgehead atoms. The standard InChI is InChI=1S/C18H16.C10H8N2O2.ClH/c1-3-7-15-13(5-1)9-11-18-16-8-4-2-6-14(16)10-12-17(15)18;1-14-10(13)8-5-7-3-2-4-11-9(7)6-12-8;/h1,3-5,7-9,11H,2,6,10,12H2;2-6H,1H3;1H. The summed E-state index contributed by atoms with van der Waals surface area (Å²) in [4.78, 5) is 19.2. The zero-order valence-electron chi connectivity index (χ0n) is 18.5. The van der Waals surface area contributed by atoms with Gasteiger partial charge in [-0.2, -0.15) is 0 Å².